The van der Waals surface area contributed by atoms with Crippen LogP contribution in [0.25, 0.3) is 10.9 Å². The molecule has 0 atom stereocenters. The largest absolute Gasteiger partial charge is 0.368 e. The summed E-state index contributed by atoms with van der Waals surface area (Å²) in [6, 6.07) is 19.3. The standard InChI is InChI=1S/C29H37N5O/c1-4-29(5-2)21-34(28(35)31-29)24-9-6-8-23(20-24)14-15-32-16-18-33(19-17-32)27-11-7-10-26-25(27)13-12-22(3)30-26/h6-13,20H,4-5,14-19,21H2,1-3H3,(H,31,35). The van der Waals surface area contributed by atoms with Crippen LogP contribution in [0.4, 0.5) is 16.2 Å². The summed E-state index contributed by atoms with van der Waals surface area (Å²) in [5.41, 5.74) is 5.62. The first-order valence-electron chi connectivity index (χ1n) is 13.0. The Hall–Kier alpha value is -3.12. The van der Waals surface area contributed by atoms with Crippen molar-refractivity contribution in [3.63, 3.8) is 0 Å². The molecule has 0 unspecified atom stereocenters. The van der Waals surface area contributed by atoms with Crippen molar-refractivity contribution in [1.82, 2.24) is 15.2 Å². The van der Waals surface area contributed by atoms with Gasteiger partial charge in [-0.05, 0) is 68.1 Å². The lowest BCUT2D eigenvalue weighted by atomic mass is 9.94. The number of carbonyl (C=O) groups is 1. The molecule has 0 spiro atoms. The summed E-state index contributed by atoms with van der Waals surface area (Å²) in [5.74, 6) is 0. The summed E-state index contributed by atoms with van der Waals surface area (Å²) in [5, 5.41) is 4.46. The number of hydrogen-bond acceptors (Lipinski definition) is 4. The van der Waals surface area contributed by atoms with Gasteiger partial charge in [0.1, 0.15) is 0 Å². The molecule has 0 radical (unpaired) electrons. The summed E-state index contributed by atoms with van der Waals surface area (Å²) in [6.45, 7) is 12.3. The van der Waals surface area contributed by atoms with Gasteiger partial charge in [0.2, 0.25) is 0 Å². The van der Waals surface area contributed by atoms with E-state index in [0.29, 0.717) is 0 Å². The molecular formula is C29H37N5O. The molecule has 2 aromatic carbocycles. The highest BCUT2D eigenvalue weighted by atomic mass is 16.2. The molecule has 6 nitrogen and oxygen atoms in total. The molecule has 0 bridgehead atoms. The molecule has 3 aromatic rings. The van der Waals surface area contributed by atoms with Crippen LogP contribution < -0.4 is 15.1 Å². The van der Waals surface area contributed by atoms with Crippen LogP contribution >= 0.6 is 0 Å². The molecule has 3 heterocycles. The number of piperazine rings is 1. The normalized spacial score (nSPS) is 18.3. The lowest BCUT2D eigenvalue weighted by Crippen LogP contribution is -2.47. The van der Waals surface area contributed by atoms with Crippen molar-refractivity contribution in [2.24, 2.45) is 0 Å². The van der Waals surface area contributed by atoms with E-state index in [2.05, 4.69) is 83.6 Å². The fourth-order valence-corrected chi connectivity index (χ4v) is 5.46. The van der Waals surface area contributed by atoms with E-state index in [-0.39, 0.29) is 11.6 Å². The van der Waals surface area contributed by atoms with Crippen molar-refractivity contribution in [2.45, 2.75) is 45.6 Å². The molecule has 2 aliphatic rings. The zero-order valence-electron chi connectivity index (χ0n) is 21.3. The van der Waals surface area contributed by atoms with Crippen LogP contribution in [-0.2, 0) is 6.42 Å². The van der Waals surface area contributed by atoms with Gasteiger partial charge in [0.15, 0.2) is 0 Å². The van der Waals surface area contributed by atoms with Gasteiger partial charge in [-0.25, -0.2) is 4.79 Å². The second kappa shape index (κ2) is 9.86. The van der Waals surface area contributed by atoms with E-state index in [1.807, 2.05) is 11.8 Å². The number of benzene rings is 2. The van der Waals surface area contributed by atoms with Gasteiger partial charge in [-0.1, -0.05) is 32.0 Å². The van der Waals surface area contributed by atoms with Crippen LogP contribution in [-0.4, -0.2) is 60.7 Å². The number of hydrogen-bond donors (Lipinski definition) is 1. The van der Waals surface area contributed by atoms with Crippen molar-refractivity contribution in [3.05, 3.63) is 65.9 Å². The van der Waals surface area contributed by atoms with Crippen LogP contribution in [0.5, 0.6) is 0 Å². The number of anilines is 2. The molecule has 1 N–H and O–H groups in total. The lowest BCUT2D eigenvalue weighted by Gasteiger charge is -2.36. The first-order valence-corrected chi connectivity index (χ1v) is 13.0. The first-order chi connectivity index (χ1) is 17.0. The van der Waals surface area contributed by atoms with Crippen LogP contribution in [0.3, 0.4) is 0 Å². The van der Waals surface area contributed by atoms with Gasteiger partial charge in [-0.3, -0.25) is 14.8 Å². The summed E-state index contributed by atoms with van der Waals surface area (Å²) >= 11 is 0. The lowest BCUT2D eigenvalue weighted by molar-refractivity contribution is 0.245. The fraction of sp³-hybridized carbons (Fsp3) is 0.448. The van der Waals surface area contributed by atoms with Crippen molar-refractivity contribution in [1.29, 1.82) is 0 Å². The Morgan fingerprint density at radius 3 is 2.49 bits per heavy atom. The minimum absolute atomic E-state index is 0.0285. The number of aryl methyl sites for hydroxylation is 1. The highest BCUT2D eigenvalue weighted by Crippen LogP contribution is 2.29. The Kier molecular flexibility index (Phi) is 6.65. The molecule has 6 heteroatoms. The van der Waals surface area contributed by atoms with E-state index < -0.39 is 0 Å². The third-order valence-corrected chi connectivity index (χ3v) is 7.93. The molecule has 35 heavy (non-hydrogen) atoms. The van der Waals surface area contributed by atoms with Gasteiger partial charge in [0.25, 0.3) is 0 Å². The molecule has 0 saturated carbocycles. The minimum atomic E-state index is -0.105. The maximum Gasteiger partial charge on any atom is 0.322 e. The number of aromatic nitrogens is 1. The van der Waals surface area contributed by atoms with E-state index in [1.165, 1.54) is 16.6 Å². The minimum Gasteiger partial charge on any atom is -0.368 e. The first kappa shape index (κ1) is 23.6. The molecule has 184 valence electrons. The highest BCUT2D eigenvalue weighted by molar-refractivity contribution is 5.95. The van der Waals surface area contributed by atoms with Gasteiger partial charge >= 0.3 is 6.03 Å². The smallest absolute Gasteiger partial charge is 0.322 e. The Morgan fingerprint density at radius 2 is 1.74 bits per heavy atom. The quantitative estimate of drug-likeness (QED) is 0.527. The van der Waals surface area contributed by atoms with Crippen molar-refractivity contribution < 1.29 is 4.79 Å². The number of rotatable bonds is 7. The highest BCUT2D eigenvalue weighted by Gasteiger charge is 2.40. The Labute approximate surface area is 208 Å². The third-order valence-electron chi connectivity index (χ3n) is 7.93. The molecule has 5 rings (SSSR count). The SMILES string of the molecule is CCC1(CC)CN(c2cccc(CCN3CCN(c4cccc5nc(C)ccc45)CC3)c2)C(=O)N1. The summed E-state index contributed by atoms with van der Waals surface area (Å²) in [6.07, 6.45) is 2.89. The number of urea groups is 1. The molecule has 0 aliphatic carbocycles. The monoisotopic (exact) mass is 471 g/mol. The average molecular weight is 472 g/mol. The van der Waals surface area contributed by atoms with Gasteiger partial charge in [0, 0.05) is 55.2 Å². The number of carbonyl (C=O) groups excluding carboxylic acids is 1. The zero-order valence-corrected chi connectivity index (χ0v) is 21.3. The Bertz CT molecular complexity index is 1200. The van der Waals surface area contributed by atoms with E-state index in [1.54, 1.807) is 0 Å². The van der Waals surface area contributed by atoms with E-state index >= 15 is 0 Å². The van der Waals surface area contributed by atoms with Crippen molar-refractivity contribution >= 4 is 28.3 Å². The molecule has 2 amide bonds. The Morgan fingerprint density at radius 1 is 0.971 bits per heavy atom. The second-order valence-electron chi connectivity index (χ2n) is 10.0. The fourth-order valence-electron chi connectivity index (χ4n) is 5.46. The molecular weight excluding hydrogens is 434 g/mol. The summed E-state index contributed by atoms with van der Waals surface area (Å²) < 4.78 is 0. The third kappa shape index (κ3) is 4.85. The number of fused-ring (bicyclic) bond motifs is 1. The molecule has 2 aliphatic heterocycles. The predicted octanol–water partition coefficient (Wildman–Crippen LogP) is 5.00. The van der Waals surface area contributed by atoms with Gasteiger partial charge in [-0.2, -0.15) is 0 Å². The zero-order chi connectivity index (χ0) is 24.4. The summed E-state index contributed by atoms with van der Waals surface area (Å²) in [4.78, 5) is 24.3. The van der Waals surface area contributed by atoms with Crippen molar-refractivity contribution in [2.75, 3.05) is 49.1 Å². The molecule has 2 fully saturated rings. The summed E-state index contributed by atoms with van der Waals surface area (Å²) in [7, 11) is 0. The number of nitrogens with zero attached hydrogens (tertiary/aromatic N) is 4. The topological polar surface area (TPSA) is 51.7 Å². The second-order valence-corrected chi connectivity index (χ2v) is 10.0. The molecule has 1 aromatic heterocycles. The van der Waals surface area contributed by atoms with Gasteiger partial charge in [0.05, 0.1) is 17.6 Å². The molecule has 2 saturated heterocycles. The average Bonchev–Trinajstić information content (AvgIpc) is 3.24. The predicted molar refractivity (Wildman–Crippen MR) is 144 cm³/mol. The van der Waals surface area contributed by atoms with Crippen LogP contribution in [0.15, 0.2) is 54.6 Å². The van der Waals surface area contributed by atoms with E-state index in [0.717, 1.165) is 75.4 Å². The van der Waals surface area contributed by atoms with E-state index in [9.17, 15) is 4.79 Å². The van der Waals surface area contributed by atoms with Gasteiger partial charge in [-0.15, -0.1) is 0 Å². The van der Waals surface area contributed by atoms with E-state index in [4.69, 9.17) is 4.98 Å². The number of amides is 2. The maximum atomic E-state index is 12.7. The van der Waals surface area contributed by atoms with Gasteiger partial charge < -0.3 is 10.2 Å². The maximum absolute atomic E-state index is 12.7. The van der Waals surface area contributed by atoms with Crippen LogP contribution in [0.1, 0.15) is 37.9 Å². The number of pyridine rings is 1. The van der Waals surface area contributed by atoms with Crippen molar-refractivity contribution in [3.8, 4) is 0 Å². The van der Waals surface area contributed by atoms with Crippen LogP contribution in [0, 0.1) is 6.92 Å². The Balaban J connectivity index is 1.19. The number of nitrogens with one attached hydrogen (secondary N) is 1. The van der Waals surface area contributed by atoms with Crippen LogP contribution in [0.2, 0.25) is 0 Å².